The summed E-state index contributed by atoms with van der Waals surface area (Å²) in [6, 6.07) is 13.2. The normalized spacial score (nSPS) is 11.1. The number of fused-ring (bicyclic) bond motifs is 1. The van der Waals surface area contributed by atoms with Crippen LogP contribution in [-0.2, 0) is 6.54 Å². The molecule has 10 heteroatoms. The lowest BCUT2D eigenvalue weighted by atomic mass is 10.1. The summed E-state index contributed by atoms with van der Waals surface area (Å²) in [5.74, 6) is -0.862. The zero-order valence-electron chi connectivity index (χ0n) is 18.4. The average molecular weight is 505 g/mol. The molecule has 0 aliphatic carbocycles. The molecule has 0 radical (unpaired) electrons. The van der Waals surface area contributed by atoms with Crippen LogP contribution in [0.4, 0.5) is 10.2 Å². The summed E-state index contributed by atoms with van der Waals surface area (Å²) in [6.45, 7) is 2.07. The number of aromatic nitrogens is 4. The number of hydrogen-bond acceptors (Lipinski definition) is 7. The Labute approximate surface area is 208 Å². The molecule has 3 heterocycles. The maximum atomic E-state index is 13.2. The fraction of sp³-hybridized carbons (Fsp3) is 0.0800. The first kappa shape index (κ1) is 22.8. The topological polar surface area (TPSA) is 107 Å². The molecule has 0 unspecified atom stereocenters. The van der Waals surface area contributed by atoms with E-state index >= 15 is 0 Å². The van der Waals surface area contributed by atoms with E-state index in [-0.39, 0.29) is 23.9 Å². The summed E-state index contributed by atoms with van der Waals surface area (Å²) in [5.41, 5.74) is 9.17. The summed E-state index contributed by atoms with van der Waals surface area (Å²) in [7, 11) is 0. The minimum absolute atomic E-state index is 0.0139. The van der Waals surface area contributed by atoms with Crippen LogP contribution in [0.3, 0.4) is 0 Å². The molecule has 0 aliphatic heterocycles. The molecule has 0 bridgehead atoms. The Morgan fingerprint density at radius 3 is 2.66 bits per heavy atom. The number of benzene rings is 2. The molecule has 1 amide bonds. The second kappa shape index (κ2) is 9.36. The number of thiazole rings is 1. The molecule has 0 fully saturated rings. The van der Waals surface area contributed by atoms with Gasteiger partial charge in [-0.25, -0.2) is 19.3 Å². The van der Waals surface area contributed by atoms with E-state index in [0.29, 0.717) is 27.5 Å². The van der Waals surface area contributed by atoms with Crippen LogP contribution in [0.15, 0.2) is 60.9 Å². The van der Waals surface area contributed by atoms with Crippen molar-refractivity contribution in [3.05, 3.63) is 88.0 Å². The summed E-state index contributed by atoms with van der Waals surface area (Å²) in [4.78, 5) is 31.6. The molecular weight excluding hydrogens is 487 g/mol. The van der Waals surface area contributed by atoms with E-state index in [1.54, 1.807) is 30.6 Å². The van der Waals surface area contributed by atoms with Gasteiger partial charge in [-0.3, -0.25) is 9.78 Å². The first-order valence-electron chi connectivity index (χ1n) is 10.6. The van der Waals surface area contributed by atoms with Gasteiger partial charge in [0.05, 0.1) is 26.1 Å². The molecule has 0 aliphatic rings. The molecule has 174 valence electrons. The fourth-order valence-electron chi connectivity index (χ4n) is 3.61. The Bertz CT molecular complexity index is 1570. The van der Waals surface area contributed by atoms with Crippen LogP contribution in [0.1, 0.15) is 21.1 Å². The van der Waals surface area contributed by atoms with Gasteiger partial charge < -0.3 is 11.1 Å². The molecule has 0 atom stereocenters. The smallest absolute Gasteiger partial charge is 0.274 e. The molecule has 2 aromatic carbocycles. The first-order valence-corrected chi connectivity index (χ1v) is 11.8. The number of carbonyl (C=O) groups excluding carboxylic acids is 1. The first-order chi connectivity index (χ1) is 16.9. The van der Waals surface area contributed by atoms with Gasteiger partial charge in [0, 0.05) is 29.9 Å². The number of nitrogens with one attached hydrogen (secondary N) is 1. The number of anilines is 1. The zero-order valence-corrected chi connectivity index (χ0v) is 20.0. The number of hydrogen-bond donors (Lipinski definition) is 2. The highest BCUT2D eigenvalue weighted by Gasteiger charge is 2.22. The molecule has 0 spiro atoms. The van der Waals surface area contributed by atoms with Crippen LogP contribution in [0.25, 0.3) is 32.7 Å². The van der Waals surface area contributed by atoms with Gasteiger partial charge in [0.2, 0.25) is 0 Å². The number of aryl methyl sites for hydroxylation is 1. The highest BCUT2D eigenvalue weighted by molar-refractivity contribution is 7.15. The van der Waals surface area contributed by atoms with Crippen molar-refractivity contribution in [2.24, 2.45) is 0 Å². The molecule has 7 nitrogen and oxygen atoms in total. The van der Waals surface area contributed by atoms with E-state index in [1.165, 1.54) is 23.5 Å². The van der Waals surface area contributed by atoms with Gasteiger partial charge in [-0.15, -0.1) is 11.3 Å². The highest BCUT2D eigenvalue weighted by atomic mass is 35.5. The molecule has 5 rings (SSSR count). The Balaban J connectivity index is 1.59. The number of halogens is 2. The van der Waals surface area contributed by atoms with Crippen molar-refractivity contribution in [2.75, 3.05) is 5.73 Å². The lowest BCUT2D eigenvalue weighted by Crippen LogP contribution is -2.25. The third kappa shape index (κ3) is 4.68. The van der Waals surface area contributed by atoms with Gasteiger partial charge in [-0.2, -0.15) is 0 Å². The number of amides is 1. The molecule has 35 heavy (non-hydrogen) atoms. The lowest BCUT2D eigenvalue weighted by molar-refractivity contribution is 0.0946. The summed E-state index contributed by atoms with van der Waals surface area (Å²) >= 11 is 7.97. The molecule has 0 saturated carbocycles. The summed E-state index contributed by atoms with van der Waals surface area (Å²) < 4.78 is 13.2. The quantitative estimate of drug-likeness (QED) is 0.330. The van der Waals surface area contributed by atoms with E-state index in [0.717, 1.165) is 20.8 Å². The zero-order chi connectivity index (χ0) is 24.5. The van der Waals surface area contributed by atoms with Gasteiger partial charge in [0.25, 0.3) is 5.91 Å². The second-order valence-corrected chi connectivity index (χ2v) is 9.38. The van der Waals surface area contributed by atoms with Crippen molar-refractivity contribution in [3.8, 4) is 21.8 Å². The minimum Gasteiger partial charge on any atom is -0.382 e. The van der Waals surface area contributed by atoms with Gasteiger partial charge in [0.1, 0.15) is 11.5 Å². The van der Waals surface area contributed by atoms with Crippen LogP contribution in [-0.4, -0.2) is 25.8 Å². The molecule has 5 aromatic rings. The maximum absolute atomic E-state index is 13.2. The maximum Gasteiger partial charge on any atom is 0.274 e. The fourth-order valence-corrected chi connectivity index (χ4v) is 4.66. The highest BCUT2D eigenvalue weighted by Crippen LogP contribution is 2.36. The second-order valence-electron chi connectivity index (χ2n) is 7.74. The predicted octanol–water partition coefficient (Wildman–Crippen LogP) is 5.43. The van der Waals surface area contributed by atoms with Gasteiger partial charge in [-0.05, 0) is 42.8 Å². The molecular formula is C25H18ClFN6OS. The van der Waals surface area contributed by atoms with E-state index in [1.807, 2.05) is 25.1 Å². The van der Waals surface area contributed by atoms with Crippen molar-refractivity contribution in [3.63, 3.8) is 0 Å². The van der Waals surface area contributed by atoms with Gasteiger partial charge >= 0.3 is 0 Å². The van der Waals surface area contributed by atoms with Crippen LogP contribution in [0.2, 0.25) is 5.02 Å². The number of nitrogen functional groups attached to an aromatic ring is 1. The molecule has 0 saturated heterocycles. The average Bonchev–Trinajstić information content (AvgIpc) is 3.29. The summed E-state index contributed by atoms with van der Waals surface area (Å²) in [6.07, 6.45) is 3.37. The minimum atomic E-state index is -0.499. The number of nitrogens with zero attached hydrogens (tertiary/aromatic N) is 4. The standard InChI is InChI=1S/C25H18ClFN6OS/c1-13-30-12-19(35-13)22-21(16-9-15-3-2-8-29-20(15)18(26)10-16)32-23(24(28)33-22)25(34)31-11-14-4-6-17(27)7-5-14/h2-10,12H,11H2,1H3,(H2,28,33)(H,31,34). The summed E-state index contributed by atoms with van der Waals surface area (Å²) in [5, 5.41) is 4.89. The van der Waals surface area contributed by atoms with Crippen LogP contribution < -0.4 is 11.1 Å². The third-order valence-corrected chi connectivity index (χ3v) is 6.50. The lowest BCUT2D eigenvalue weighted by Gasteiger charge is -2.13. The van der Waals surface area contributed by atoms with Gasteiger partial charge in [-0.1, -0.05) is 29.8 Å². The van der Waals surface area contributed by atoms with Crippen LogP contribution in [0.5, 0.6) is 0 Å². The molecule has 3 N–H and O–H groups in total. The van der Waals surface area contributed by atoms with Crippen molar-refractivity contribution >= 4 is 45.6 Å². The largest absolute Gasteiger partial charge is 0.382 e. The van der Waals surface area contributed by atoms with Crippen LogP contribution in [0, 0.1) is 12.7 Å². The Hall–Kier alpha value is -3.95. The Morgan fingerprint density at radius 2 is 1.91 bits per heavy atom. The van der Waals surface area contributed by atoms with Crippen molar-refractivity contribution in [2.45, 2.75) is 13.5 Å². The van der Waals surface area contributed by atoms with Crippen molar-refractivity contribution in [1.29, 1.82) is 0 Å². The number of carbonyl (C=O) groups is 1. The van der Waals surface area contributed by atoms with E-state index in [4.69, 9.17) is 17.3 Å². The Morgan fingerprint density at radius 1 is 1.11 bits per heavy atom. The Kier molecular flexibility index (Phi) is 6.10. The van der Waals surface area contributed by atoms with Crippen molar-refractivity contribution in [1.82, 2.24) is 25.3 Å². The van der Waals surface area contributed by atoms with Gasteiger partial charge in [0.15, 0.2) is 11.5 Å². The number of nitrogens with two attached hydrogens (primary N) is 1. The third-order valence-electron chi connectivity index (χ3n) is 5.29. The predicted molar refractivity (Wildman–Crippen MR) is 136 cm³/mol. The van der Waals surface area contributed by atoms with E-state index < -0.39 is 5.91 Å². The van der Waals surface area contributed by atoms with E-state index in [2.05, 4.69) is 25.3 Å². The van der Waals surface area contributed by atoms with Crippen LogP contribution >= 0.6 is 22.9 Å². The SMILES string of the molecule is Cc1ncc(-c2nc(N)c(C(=O)NCc3ccc(F)cc3)nc2-c2cc(Cl)c3ncccc3c2)s1. The monoisotopic (exact) mass is 504 g/mol. The van der Waals surface area contributed by atoms with E-state index in [9.17, 15) is 9.18 Å². The molecule has 3 aromatic heterocycles. The van der Waals surface area contributed by atoms with Crippen molar-refractivity contribution < 1.29 is 9.18 Å². The number of rotatable bonds is 5. The number of pyridine rings is 1.